The maximum atomic E-state index is 14.1. The number of nitrogens with one attached hydrogen (secondary N) is 2. The molecule has 13 heteroatoms. The van der Waals surface area contributed by atoms with Crippen molar-refractivity contribution in [1.82, 2.24) is 14.6 Å². The summed E-state index contributed by atoms with van der Waals surface area (Å²) in [6.07, 6.45) is 6.10. The van der Waals surface area contributed by atoms with Gasteiger partial charge in [-0.3, -0.25) is 10.1 Å². The highest BCUT2D eigenvalue weighted by Gasteiger charge is 2.24. The Hall–Kier alpha value is -2.90. The number of urea groups is 1. The van der Waals surface area contributed by atoms with Gasteiger partial charge in [0.2, 0.25) is 5.88 Å². The maximum Gasteiger partial charge on any atom is 0.319 e. The molecule has 0 bridgehead atoms. The van der Waals surface area contributed by atoms with Crippen LogP contribution in [0.2, 0.25) is 0 Å². The van der Waals surface area contributed by atoms with Gasteiger partial charge >= 0.3 is 6.03 Å². The number of aliphatic hydroxyl groups is 1. The van der Waals surface area contributed by atoms with Crippen LogP contribution in [-0.2, 0) is 6.61 Å². The second-order valence-corrected chi connectivity index (χ2v) is 10.1. The van der Waals surface area contributed by atoms with Crippen LogP contribution in [0.3, 0.4) is 0 Å². The first-order valence-corrected chi connectivity index (χ1v) is 13.4. The molecule has 210 valence electrons. The molecule has 1 fully saturated rings. The van der Waals surface area contributed by atoms with Crippen LogP contribution in [0.1, 0.15) is 66.4 Å². The average Bonchev–Trinajstić information content (AvgIpc) is 3.28. The van der Waals surface area contributed by atoms with E-state index in [1.54, 1.807) is 0 Å². The van der Waals surface area contributed by atoms with E-state index >= 15 is 0 Å². The molecule has 38 heavy (non-hydrogen) atoms. The van der Waals surface area contributed by atoms with Crippen LogP contribution in [-0.4, -0.2) is 58.6 Å². The van der Waals surface area contributed by atoms with Crippen LogP contribution in [0.25, 0.3) is 0 Å². The lowest BCUT2D eigenvalue weighted by molar-refractivity contribution is 0.0996. The van der Waals surface area contributed by atoms with E-state index in [4.69, 9.17) is 10.5 Å². The number of aromatic nitrogens is 1. The average molecular weight is 558 g/mol. The number of piperidine rings is 1. The topological polar surface area (TPSA) is 130 Å². The van der Waals surface area contributed by atoms with Gasteiger partial charge in [-0.2, -0.15) is 4.37 Å². The third-order valence-electron chi connectivity index (χ3n) is 6.40. The number of nitrogens with zero attached hydrogens (tertiary/aromatic N) is 2. The number of ether oxygens (including phenoxy) is 1. The molecule has 0 spiro atoms. The van der Waals surface area contributed by atoms with E-state index in [1.807, 2.05) is 0 Å². The van der Waals surface area contributed by atoms with Gasteiger partial charge in [0, 0.05) is 13.1 Å². The van der Waals surface area contributed by atoms with Crippen molar-refractivity contribution in [2.24, 2.45) is 5.73 Å². The molecular weight excluding hydrogens is 523 g/mol. The van der Waals surface area contributed by atoms with Gasteiger partial charge in [0.05, 0.1) is 11.7 Å². The quantitative estimate of drug-likeness (QED) is 0.217. The number of hydrogen-bond donors (Lipinski definition) is 4. The molecule has 0 saturated carbocycles. The summed E-state index contributed by atoms with van der Waals surface area (Å²) in [7, 11) is 0. The van der Waals surface area contributed by atoms with E-state index in [2.05, 4.69) is 19.9 Å². The lowest BCUT2D eigenvalue weighted by atomic mass is 10.1. The van der Waals surface area contributed by atoms with Crippen molar-refractivity contribution in [2.75, 3.05) is 31.5 Å². The van der Waals surface area contributed by atoms with E-state index in [1.165, 1.54) is 26.2 Å². The van der Waals surface area contributed by atoms with Gasteiger partial charge in [-0.15, -0.1) is 0 Å². The second-order valence-electron chi connectivity index (χ2n) is 9.35. The monoisotopic (exact) mass is 557 g/mol. The Morgan fingerprint density at radius 3 is 2.63 bits per heavy atom. The van der Waals surface area contributed by atoms with E-state index in [0.717, 1.165) is 38.5 Å². The molecule has 1 saturated heterocycles. The molecule has 1 aromatic carbocycles. The van der Waals surface area contributed by atoms with Gasteiger partial charge in [0.15, 0.2) is 11.6 Å². The molecule has 1 aliphatic rings. The largest absolute Gasteiger partial charge is 0.471 e. The van der Waals surface area contributed by atoms with Gasteiger partial charge < -0.3 is 25.8 Å². The molecule has 1 atom stereocenters. The van der Waals surface area contributed by atoms with Gasteiger partial charge in [-0.1, -0.05) is 6.42 Å². The molecule has 5 N–H and O–H groups in total. The second kappa shape index (κ2) is 14.3. The number of nitrogens with two attached hydrogens (primary N) is 1. The van der Waals surface area contributed by atoms with Crippen molar-refractivity contribution in [2.45, 2.75) is 64.6 Å². The predicted octanol–water partition coefficient (Wildman–Crippen LogP) is 4.08. The van der Waals surface area contributed by atoms with Crippen LogP contribution in [0, 0.1) is 24.4 Å². The number of anilines is 1. The molecule has 0 aliphatic carbocycles. The third-order valence-corrected chi connectivity index (χ3v) is 7.15. The number of benzene rings is 1. The molecular formula is C25H34F3N5O4S. The molecule has 3 amide bonds. The SMILES string of the molecule is Cc1cc(F)c(COc2nsc(NC(=O)NCCCCC(O)CCN3CCCCC3)c2C(N)=O)c(F)c1F. The maximum absolute atomic E-state index is 14.1. The smallest absolute Gasteiger partial charge is 0.319 e. The number of hydrogen-bond acceptors (Lipinski definition) is 7. The summed E-state index contributed by atoms with van der Waals surface area (Å²) in [4.78, 5) is 26.6. The molecule has 1 aliphatic heterocycles. The fourth-order valence-corrected chi connectivity index (χ4v) is 4.95. The van der Waals surface area contributed by atoms with Crippen molar-refractivity contribution in [1.29, 1.82) is 0 Å². The first-order valence-electron chi connectivity index (χ1n) is 12.7. The molecule has 1 aromatic heterocycles. The number of carbonyl (C=O) groups is 2. The fraction of sp³-hybridized carbons (Fsp3) is 0.560. The summed E-state index contributed by atoms with van der Waals surface area (Å²) in [5.74, 6) is -4.92. The van der Waals surface area contributed by atoms with Crippen molar-refractivity contribution in [3.63, 3.8) is 0 Å². The first-order chi connectivity index (χ1) is 18.2. The molecule has 0 radical (unpaired) electrons. The van der Waals surface area contributed by atoms with Crippen LogP contribution in [0.5, 0.6) is 5.88 Å². The number of unbranched alkanes of at least 4 members (excludes halogenated alkanes) is 1. The summed E-state index contributed by atoms with van der Waals surface area (Å²) in [5.41, 5.74) is 4.26. The summed E-state index contributed by atoms with van der Waals surface area (Å²) in [6.45, 7) is 3.92. The van der Waals surface area contributed by atoms with Crippen LogP contribution in [0.4, 0.5) is 23.0 Å². The minimum Gasteiger partial charge on any atom is -0.471 e. The summed E-state index contributed by atoms with van der Waals surface area (Å²) < 4.78 is 51.1. The Kier molecular flexibility index (Phi) is 11.2. The van der Waals surface area contributed by atoms with Crippen LogP contribution < -0.4 is 21.1 Å². The molecule has 2 heterocycles. The van der Waals surface area contributed by atoms with Gasteiger partial charge in [0.25, 0.3) is 5.91 Å². The zero-order chi connectivity index (χ0) is 27.7. The van der Waals surface area contributed by atoms with Gasteiger partial charge in [-0.25, -0.2) is 18.0 Å². The highest BCUT2D eigenvalue weighted by molar-refractivity contribution is 7.11. The van der Waals surface area contributed by atoms with E-state index < -0.39 is 41.6 Å². The Bertz CT molecular complexity index is 1110. The Balaban J connectivity index is 1.43. The van der Waals surface area contributed by atoms with Crippen molar-refractivity contribution >= 4 is 28.5 Å². The Morgan fingerprint density at radius 2 is 1.92 bits per heavy atom. The van der Waals surface area contributed by atoms with Crippen molar-refractivity contribution in [3.8, 4) is 5.88 Å². The normalized spacial score (nSPS) is 14.8. The third kappa shape index (κ3) is 8.30. The number of halogens is 3. The number of aliphatic hydroxyl groups excluding tert-OH is 1. The van der Waals surface area contributed by atoms with Crippen LogP contribution in [0.15, 0.2) is 6.07 Å². The Morgan fingerprint density at radius 1 is 1.18 bits per heavy atom. The zero-order valence-corrected chi connectivity index (χ0v) is 22.1. The number of likely N-dealkylation sites (tertiary alicyclic amines) is 1. The first kappa shape index (κ1) is 29.7. The zero-order valence-electron chi connectivity index (χ0n) is 21.3. The number of aryl methyl sites for hydroxylation is 1. The number of amides is 3. The number of carbonyl (C=O) groups excluding carboxylic acids is 2. The molecule has 9 nitrogen and oxygen atoms in total. The van der Waals surface area contributed by atoms with Crippen LogP contribution >= 0.6 is 11.5 Å². The van der Waals surface area contributed by atoms with E-state index in [-0.39, 0.29) is 28.1 Å². The van der Waals surface area contributed by atoms with Gasteiger partial charge in [0.1, 0.15) is 23.0 Å². The lowest BCUT2D eigenvalue weighted by Gasteiger charge is -2.27. The standard InChI is InChI=1S/C25H34F3N5O4S/c1-15-13-18(26)17(21(28)20(15)27)14-37-23-19(22(29)35)24(38-32-23)31-25(36)30-9-4-3-7-16(34)8-12-33-10-5-2-6-11-33/h13,16,34H,2-12,14H2,1H3,(H2,29,35)(H2,30,31,36). The summed E-state index contributed by atoms with van der Waals surface area (Å²) >= 11 is 0.700. The minimum atomic E-state index is -1.40. The van der Waals surface area contributed by atoms with Crippen molar-refractivity contribution < 1.29 is 32.6 Å². The highest BCUT2D eigenvalue weighted by atomic mass is 32.1. The van der Waals surface area contributed by atoms with Crippen molar-refractivity contribution in [3.05, 3.63) is 40.2 Å². The molecule has 3 rings (SSSR count). The number of primary amides is 1. The molecule has 2 aromatic rings. The Labute approximate surface area is 223 Å². The predicted molar refractivity (Wildman–Crippen MR) is 138 cm³/mol. The van der Waals surface area contributed by atoms with Gasteiger partial charge in [-0.05, 0) is 81.7 Å². The highest BCUT2D eigenvalue weighted by Crippen LogP contribution is 2.31. The number of rotatable bonds is 13. The van der Waals surface area contributed by atoms with E-state index in [9.17, 15) is 27.9 Å². The fourth-order valence-electron chi connectivity index (χ4n) is 4.21. The van der Waals surface area contributed by atoms with E-state index in [0.29, 0.717) is 30.9 Å². The molecule has 1 unspecified atom stereocenters. The summed E-state index contributed by atoms with van der Waals surface area (Å²) in [6, 6.07) is 0.229. The summed E-state index contributed by atoms with van der Waals surface area (Å²) in [5, 5.41) is 15.3. The minimum absolute atomic E-state index is 0.00540. The lowest BCUT2D eigenvalue weighted by Crippen LogP contribution is -2.32.